The monoisotopic (exact) mass is 666 g/mol. The van der Waals surface area contributed by atoms with E-state index in [1.807, 2.05) is 0 Å². The van der Waals surface area contributed by atoms with Crippen molar-refractivity contribution >= 4 is 18.0 Å². The molecule has 4 atom stereocenters. The van der Waals surface area contributed by atoms with Crippen LogP contribution in [0.15, 0.2) is 42.5 Å². The van der Waals surface area contributed by atoms with Gasteiger partial charge >= 0.3 is 24.5 Å². The van der Waals surface area contributed by atoms with Gasteiger partial charge in [-0.2, -0.15) is 26.3 Å². The van der Waals surface area contributed by atoms with E-state index < -0.39 is 71.6 Å². The van der Waals surface area contributed by atoms with Crippen LogP contribution in [-0.2, 0) is 31.3 Å². The maximum Gasteiger partial charge on any atom is 0.508 e. The molecule has 17 heteroatoms. The zero-order valence-electron chi connectivity index (χ0n) is 25.0. The predicted molar refractivity (Wildman–Crippen MR) is 148 cm³/mol. The lowest BCUT2D eigenvalue weighted by Gasteiger charge is -2.42. The Balaban J connectivity index is 1.91. The molecule has 0 aromatic heterocycles. The van der Waals surface area contributed by atoms with Gasteiger partial charge in [0.05, 0.1) is 49.6 Å². The van der Waals surface area contributed by atoms with Crippen molar-refractivity contribution in [2.75, 3.05) is 32.8 Å². The van der Waals surface area contributed by atoms with Crippen molar-refractivity contribution < 1.29 is 59.3 Å². The number of halogens is 7. The van der Waals surface area contributed by atoms with Crippen molar-refractivity contribution in [2.45, 2.75) is 57.7 Å². The number of alkyl halides is 6. The molecule has 2 aromatic rings. The molecule has 0 bridgehead atoms. The minimum absolute atomic E-state index is 0.00508. The van der Waals surface area contributed by atoms with Crippen LogP contribution < -0.4 is 5.73 Å². The number of carbonyl (C=O) groups is 2. The van der Waals surface area contributed by atoms with Gasteiger partial charge in [-0.3, -0.25) is 15.2 Å². The molecule has 254 valence electrons. The smallest absolute Gasteiger partial charge is 0.435 e. The number of morpholine rings is 1. The van der Waals surface area contributed by atoms with Gasteiger partial charge in [0.25, 0.3) is 0 Å². The largest absolute Gasteiger partial charge is 0.508 e. The van der Waals surface area contributed by atoms with Crippen LogP contribution in [0.3, 0.4) is 0 Å². The van der Waals surface area contributed by atoms with E-state index in [0.29, 0.717) is 17.7 Å². The summed E-state index contributed by atoms with van der Waals surface area (Å²) in [6, 6.07) is 4.08. The normalized spacial score (nSPS) is 18.8. The summed E-state index contributed by atoms with van der Waals surface area (Å²) in [5, 5.41) is 8.62. The van der Waals surface area contributed by atoms with Crippen molar-refractivity contribution in [3.05, 3.63) is 70.5 Å². The van der Waals surface area contributed by atoms with Crippen LogP contribution in [0.1, 0.15) is 55.2 Å². The lowest BCUT2D eigenvalue weighted by atomic mass is 10.0. The van der Waals surface area contributed by atoms with Crippen LogP contribution in [0.25, 0.3) is 0 Å². The van der Waals surface area contributed by atoms with Crippen molar-refractivity contribution in [2.24, 2.45) is 5.73 Å². The molecule has 1 saturated heterocycles. The second kappa shape index (κ2) is 15.1. The Kier molecular flexibility index (Phi) is 12.0. The summed E-state index contributed by atoms with van der Waals surface area (Å²) in [5.74, 6) is -0.940. The third-order valence-corrected chi connectivity index (χ3v) is 6.88. The van der Waals surface area contributed by atoms with Gasteiger partial charge in [-0.25, -0.2) is 14.0 Å². The van der Waals surface area contributed by atoms with E-state index >= 15 is 0 Å². The molecule has 3 N–H and O–H groups in total. The SMILES string of the molecule is CCOC(=O)OC(C)CN(C(=N)CN1CCO[C@H](O[C@H](C)c2cc(C(F)(F)F)cc(C(F)(F)F)c2)[C@@H]1c1ccc(F)cc1)C(N)=O. The van der Waals surface area contributed by atoms with Crippen molar-refractivity contribution in [3.63, 3.8) is 0 Å². The van der Waals surface area contributed by atoms with Gasteiger partial charge in [0.1, 0.15) is 17.8 Å². The average Bonchev–Trinajstić information content (AvgIpc) is 2.95. The number of amidine groups is 1. The number of rotatable bonds is 10. The summed E-state index contributed by atoms with van der Waals surface area (Å²) in [5.41, 5.74) is 2.40. The molecule has 3 rings (SSSR count). The molecular formula is C29H33F7N4O6. The summed E-state index contributed by atoms with van der Waals surface area (Å²) in [6.45, 7) is 3.75. The highest BCUT2D eigenvalue weighted by Gasteiger charge is 2.40. The highest BCUT2D eigenvalue weighted by molar-refractivity contribution is 5.96. The number of ether oxygens (including phenoxy) is 4. The van der Waals surface area contributed by atoms with E-state index in [-0.39, 0.29) is 44.8 Å². The number of primary amides is 1. The summed E-state index contributed by atoms with van der Waals surface area (Å²) >= 11 is 0. The topological polar surface area (TPSA) is 127 Å². The lowest BCUT2D eigenvalue weighted by molar-refractivity contribution is -0.227. The number of hydrogen-bond acceptors (Lipinski definition) is 8. The number of nitrogens with two attached hydrogens (primary N) is 1. The Morgan fingerprint density at radius 1 is 1.07 bits per heavy atom. The Bertz CT molecular complexity index is 1340. The number of benzene rings is 2. The number of hydrogen-bond donors (Lipinski definition) is 2. The highest BCUT2D eigenvalue weighted by atomic mass is 19.4. The van der Waals surface area contributed by atoms with Gasteiger partial charge in [0.15, 0.2) is 6.29 Å². The lowest BCUT2D eigenvalue weighted by Crippen LogP contribution is -2.53. The van der Waals surface area contributed by atoms with Crippen LogP contribution in [0.5, 0.6) is 0 Å². The van der Waals surface area contributed by atoms with Gasteiger partial charge < -0.3 is 24.7 Å². The molecule has 1 aliphatic heterocycles. The molecule has 0 spiro atoms. The van der Waals surface area contributed by atoms with Crippen LogP contribution in [-0.4, -0.2) is 73.1 Å². The zero-order chi connectivity index (χ0) is 34.4. The molecule has 1 heterocycles. The predicted octanol–water partition coefficient (Wildman–Crippen LogP) is 6.26. The van der Waals surface area contributed by atoms with Crippen molar-refractivity contribution in [1.82, 2.24) is 9.80 Å². The molecule has 2 aromatic carbocycles. The first kappa shape index (κ1) is 36.5. The summed E-state index contributed by atoms with van der Waals surface area (Å²) in [7, 11) is 0. The molecule has 0 radical (unpaired) electrons. The molecule has 10 nitrogen and oxygen atoms in total. The Morgan fingerprint density at radius 3 is 2.17 bits per heavy atom. The first-order chi connectivity index (χ1) is 21.4. The second-order valence-corrected chi connectivity index (χ2v) is 10.3. The number of urea groups is 1. The van der Waals surface area contributed by atoms with Crippen LogP contribution >= 0.6 is 0 Å². The summed E-state index contributed by atoms with van der Waals surface area (Å²) < 4.78 is 116. The maximum absolute atomic E-state index is 13.8. The minimum Gasteiger partial charge on any atom is -0.435 e. The minimum atomic E-state index is -5.07. The fourth-order valence-corrected chi connectivity index (χ4v) is 4.72. The number of amides is 2. The standard InChI is InChI=1S/C29H33F7N4O6/c1-4-43-27(42)45-16(2)14-40(26(38)41)23(37)15-39-9-10-44-25(24(39)18-5-7-22(30)8-6-18)46-17(3)19-11-20(28(31,32)33)13-21(12-19)29(34,35)36/h5-8,11-13,16-17,24-25,37H,4,9-10,14-15H2,1-3H3,(H2,38,41)/t16?,17-,24+,25-/m1/s1. The average molecular weight is 667 g/mol. The van der Waals surface area contributed by atoms with Gasteiger partial charge in [0.2, 0.25) is 0 Å². The van der Waals surface area contributed by atoms with E-state index in [9.17, 15) is 40.3 Å². The first-order valence-corrected chi connectivity index (χ1v) is 13.9. The molecule has 0 saturated carbocycles. The Labute approximate surface area is 259 Å². The molecule has 1 aliphatic rings. The fraction of sp³-hybridized carbons (Fsp3) is 0.483. The molecular weight excluding hydrogens is 633 g/mol. The number of nitrogens with zero attached hydrogens (tertiary/aromatic N) is 2. The van der Waals surface area contributed by atoms with Gasteiger partial charge in [0, 0.05) is 6.54 Å². The van der Waals surface area contributed by atoms with Crippen LogP contribution in [0.2, 0.25) is 0 Å². The highest BCUT2D eigenvalue weighted by Crippen LogP contribution is 2.39. The molecule has 0 aliphatic carbocycles. The summed E-state index contributed by atoms with van der Waals surface area (Å²) in [4.78, 5) is 26.4. The van der Waals surface area contributed by atoms with E-state index in [1.165, 1.54) is 26.0 Å². The molecule has 2 amide bonds. The van der Waals surface area contributed by atoms with Gasteiger partial charge in [-0.15, -0.1) is 0 Å². The third-order valence-electron chi connectivity index (χ3n) is 6.88. The Morgan fingerprint density at radius 2 is 1.65 bits per heavy atom. The van der Waals surface area contributed by atoms with Crippen LogP contribution in [0, 0.1) is 11.2 Å². The fourth-order valence-electron chi connectivity index (χ4n) is 4.72. The molecule has 46 heavy (non-hydrogen) atoms. The second-order valence-electron chi connectivity index (χ2n) is 10.3. The maximum atomic E-state index is 13.8. The Hall–Kier alpha value is -3.96. The van der Waals surface area contributed by atoms with E-state index in [2.05, 4.69) is 0 Å². The quantitative estimate of drug-likeness (QED) is 0.133. The molecule has 1 fully saturated rings. The summed E-state index contributed by atoms with van der Waals surface area (Å²) in [6.07, 6.45) is -14.8. The number of carbonyl (C=O) groups excluding carboxylic acids is 2. The van der Waals surface area contributed by atoms with Gasteiger partial charge in [-0.1, -0.05) is 12.1 Å². The molecule has 1 unspecified atom stereocenters. The first-order valence-electron chi connectivity index (χ1n) is 13.9. The van der Waals surface area contributed by atoms with Crippen molar-refractivity contribution in [1.29, 1.82) is 5.41 Å². The third kappa shape index (κ3) is 9.77. The van der Waals surface area contributed by atoms with E-state index in [4.69, 9.17) is 30.1 Å². The van der Waals surface area contributed by atoms with Crippen LogP contribution in [0.4, 0.5) is 40.3 Å². The van der Waals surface area contributed by atoms with Gasteiger partial charge in [-0.05, 0) is 62.2 Å². The zero-order valence-corrected chi connectivity index (χ0v) is 25.0. The van der Waals surface area contributed by atoms with Crippen molar-refractivity contribution in [3.8, 4) is 0 Å². The van der Waals surface area contributed by atoms with E-state index in [0.717, 1.165) is 17.0 Å². The number of nitrogens with one attached hydrogen (secondary N) is 1. The van der Waals surface area contributed by atoms with E-state index in [1.54, 1.807) is 11.8 Å².